The molecule has 0 amide bonds. The van der Waals surface area contributed by atoms with Crippen LogP contribution in [-0.2, 0) is 0 Å². The highest BCUT2D eigenvalue weighted by atomic mass is 16.6. The molecule has 0 saturated carbocycles. The van der Waals surface area contributed by atoms with E-state index in [1.54, 1.807) is 12.1 Å². The van der Waals surface area contributed by atoms with Gasteiger partial charge in [-0.15, -0.1) is 0 Å². The standard InChI is InChI=1S/C20H13N3O2.C20H15N3/c24-23(25)17-13-7-12-16-20(17)22-19(15-10-5-2-6-11-15)18(21-16)14-8-3-1-4-9-14;21-16-12-7-13-17-20(16)23-19(15-10-5-2-6-11-15)18(22-17)14-8-3-1-4-9-14/h1-13H;1-13H,21H2. The lowest BCUT2D eigenvalue weighted by molar-refractivity contribution is -0.383. The molecular formula is C40H28N6O2. The van der Waals surface area contributed by atoms with Gasteiger partial charge in [0.15, 0.2) is 5.52 Å². The maximum Gasteiger partial charge on any atom is 0.297 e. The number of anilines is 1. The van der Waals surface area contributed by atoms with Gasteiger partial charge in [0.05, 0.1) is 44.4 Å². The molecule has 8 nitrogen and oxygen atoms in total. The van der Waals surface area contributed by atoms with Crippen LogP contribution < -0.4 is 5.73 Å². The summed E-state index contributed by atoms with van der Waals surface area (Å²) in [5.41, 5.74) is 16.0. The molecule has 0 bridgehead atoms. The summed E-state index contributed by atoms with van der Waals surface area (Å²) in [7, 11) is 0. The molecule has 0 atom stereocenters. The molecule has 8 aromatic rings. The monoisotopic (exact) mass is 624 g/mol. The molecular weight excluding hydrogens is 596 g/mol. The van der Waals surface area contributed by atoms with Gasteiger partial charge in [0.1, 0.15) is 5.52 Å². The van der Waals surface area contributed by atoms with Crippen LogP contribution in [0.4, 0.5) is 11.4 Å². The highest BCUT2D eigenvalue weighted by Crippen LogP contribution is 2.34. The fourth-order valence-electron chi connectivity index (χ4n) is 5.50. The smallest absolute Gasteiger partial charge is 0.297 e. The van der Waals surface area contributed by atoms with E-state index < -0.39 is 4.92 Å². The van der Waals surface area contributed by atoms with Gasteiger partial charge in [-0.05, 0) is 18.2 Å². The fraction of sp³-hybridized carbons (Fsp3) is 0. The van der Waals surface area contributed by atoms with Crippen molar-refractivity contribution in [3.63, 3.8) is 0 Å². The second-order valence-electron chi connectivity index (χ2n) is 10.9. The molecule has 0 unspecified atom stereocenters. The summed E-state index contributed by atoms with van der Waals surface area (Å²) >= 11 is 0. The molecule has 0 fully saturated rings. The van der Waals surface area contributed by atoms with Crippen molar-refractivity contribution in [1.29, 1.82) is 0 Å². The van der Waals surface area contributed by atoms with Gasteiger partial charge in [0, 0.05) is 28.3 Å². The summed E-state index contributed by atoms with van der Waals surface area (Å²) in [6.45, 7) is 0. The van der Waals surface area contributed by atoms with Crippen molar-refractivity contribution in [1.82, 2.24) is 19.9 Å². The van der Waals surface area contributed by atoms with E-state index in [2.05, 4.69) is 17.1 Å². The van der Waals surface area contributed by atoms with E-state index in [0.717, 1.165) is 44.7 Å². The van der Waals surface area contributed by atoms with Crippen molar-refractivity contribution in [3.8, 4) is 45.0 Å². The first kappa shape index (κ1) is 29.9. The number of nitrogens with zero attached hydrogens (tertiary/aromatic N) is 5. The third-order valence-electron chi connectivity index (χ3n) is 7.79. The van der Waals surface area contributed by atoms with Crippen molar-refractivity contribution in [2.24, 2.45) is 0 Å². The Bertz CT molecular complexity index is 2370. The van der Waals surface area contributed by atoms with Crippen LogP contribution in [0.5, 0.6) is 0 Å². The summed E-state index contributed by atoms with van der Waals surface area (Å²) in [4.78, 5) is 29.9. The molecule has 0 radical (unpaired) electrons. The third kappa shape index (κ3) is 6.05. The second-order valence-corrected chi connectivity index (χ2v) is 10.9. The van der Waals surface area contributed by atoms with Crippen LogP contribution in [0.25, 0.3) is 67.1 Å². The number of rotatable bonds is 5. The van der Waals surface area contributed by atoms with E-state index in [1.807, 2.05) is 127 Å². The predicted octanol–water partition coefficient (Wildman–Crippen LogP) is 9.42. The number of nitrogen functional groups attached to an aromatic ring is 1. The minimum atomic E-state index is -0.423. The van der Waals surface area contributed by atoms with Gasteiger partial charge in [-0.25, -0.2) is 19.9 Å². The SMILES string of the molecule is Nc1cccc2nc(-c3ccccc3)c(-c3ccccc3)nc12.O=[N+]([O-])c1cccc2nc(-c3ccccc3)c(-c3ccccc3)nc12. The Morgan fingerprint density at radius 3 is 1.19 bits per heavy atom. The minimum absolute atomic E-state index is 0.0400. The lowest BCUT2D eigenvalue weighted by Gasteiger charge is -2.11. The van der Waals surface area contributed by atoms with E-state index in [1.165, 1.54) is 6.07 Å². The average Bonchev–Trinajstić information content (AvgIpc) is 3.15. The van der Waals surface area contributed by atoms with Crippen molar-refractivity contribution in [3.05, 3.63) is 168 Å². The van der Waals surface area contributed by atoms with E-state index in [0.29, 0.717) is 28.1 Å². The maximum atomic E-state index is 11.4. The topological polar surface area (TPSA) is 121 Å². The maximum absolute atomic E-state index is 11.4. The zero-order valence-electron chi connectivity index (χ0n) is 25.6. The molecule has 2 aromatic heterocycles. The number of para-hydroxylation sites is 2. The van der Waals surface area contributed by atoms with Crippen LogP contribution >= 0.6 is 0 Å². The zero-order valence-corrected chi connectivity index (χ0v) is 25.6. The quantitative estimate of drug-likeness (QED) is 0.115. The molecule has 8 rings (SSSR count). The number of benzene rings is 6. The molecule has 0 aliphatic rings. The summed E-state index contributed by atoms with van der Waals surface area (Å²) < 4.78 is 0. The molecule has 6 aromatic carbocycles. The van der Waals surface area contributed by atoms with Crippen LogP contribution in [0.3, 0.4) is 0 Å². The van der Waals surface area contributed by atoms with Gasteiger partial charge in [0.2, 0.25) is 0 Å². The predicted molar refractivity (Wildman–Crippen MR) is 192 cm³/mol. The lowest BCUT2D eigenvalue weighted by atomic mass is 10.0. The highest BCUT2D eigenvalue weighted by molar-refractivity contribution is 5.92. The van der Waals surface area contributed by atoms with E-state index in [-0.39, 0.29) is 5.69 Å². The first-order valence-electron chi connectivity index (χ1n) is 15.3. The Morgan fingerprint density at radius 1 is 0.417 bits per heavy atom. The number of non-ortho nitro benzene ring substituents is 1. The van der Waals surface area contributed by atoms with Crippen molar-refractivity contribution < 1.29 is 4.92 Å². The van der Waals surface area contributed by atoms with Crippen LogP contribution in [0.15, 0.2) is 158 Å². The molecule has 0 aliphatic carbocycles. The largest absolute Gasteiger partial charge is 0.397 e. The number of fused-ring (bicyclic) bond motifs is 2. The molecule has 48 heavy (non-hydrogen) atoms. The summed E-state index contributed by atoms with van der Waals surface area (Å²) in [5, 5.41) is 11.4. The number of nitrogens with two attached hydrogens (primary N) is 1. The summed E-state index contributed by atoms with van der Waals surface area (Å²) in [6.07, 6.45) is 0. The highest BCUT2D eigenvalue weighted by Gasteiger charge is 2.19. The fourth-order valence-corrected chi connectivity index (χ4v) is 5.50. The first-order chi connectivity index (χ1) is 23.6. The average molecular weight is 625 g/mol. The number of hydrogen-bond acceptors (Lipinski definition) is 7. The van der Waals surface area contributed by atoms with Crippen LogP contribution in [-0.4, -0.2) is 24.9 Å². The minimum Gasteiger partial charge on any atom is -0.397 e. The summed E-state index contributed by atoms with van der Waals surface area (Å²) in [5.74, 6) is 0. The Hall–Kier alpha value is -6.80. The molecule has 230 valence electrons. The zero-order chi connectivity index (χ0) is 32.9. The van der Waals surface area contributed by atoms with E-state index in [9.17, 15) is 10.1 Å². The number of aromatic nitrogens is 4. The first-order valence-corrected chi connectivity index (χ1v) is 15.3. The van der Waals surface area contributed by atoms with Crippen LogP contribution in [0.2, 0.25) is 0 Å². The molecule has 8 heteroatoms. The lowest BCUT2D eigenvalue weighted by Crippen LogP contribution is -1.98. The Morgan fingerprint density at radius 2 is 0.771 bits per heavy atom. The molecule has 2 N–H and O–H groups in total. The number of nitro groups is 1. The molecule has 0 saturated heterocycles. The van der Waals surface area contributed by atoms with Crippen molar-refractivity contribution >= 4 is 33.4 Å². The van der Waals surface area contributed by atoms with Gasteiger partial charge in [-0.1, -0.05) is 133 Å². The number of nitro benzene ring substituents is 1. The molecule has 0 aliphatic heterocycles. The molecule has 2 heterocycles. The third-order valence-corrected chi connectivity index (χ3v) is 7.79. The van der Waals surface area contributed by atoms with Crippen LogP contribution in [0, 0.1) is 10.1 Å². The van der Waals surface area contributed by atoms with Gasteiger partial charge >= 0.3 is 0 Å². The van der Waals surface area contributed by atoms with Crippen molar-refractivity contribution in [2.75, 3.05) is 5.73 Å². The Kier molecular flexibility index (Phi) is 8.27. The Balaban J connectivity index is 0.000000152. The normalized spacial score (nSPS) is 10.8. The van der Waals surface area contributed by atoms with Gasteiger partial charge < -0.3 is 5.73 Å². The van der Waals surface area contributed by atoms with Gasteiger partial charge in [-0.2, -0.15) is 0 Å². The van der Waals surface area contributed by atoms with Crippen molar-refractivity contribution in [2.45, 2.75) is 0 Å². The number of hydrogen-bond donors (Lipinski definition) is 1. The van der Waals surface area contributed by atoms with E-state index >= 15 is 0 Å². The van der Waals surface area contributed by atoms with Crippen LogP contribution in [0.1, 0.15) is 0 Å². The molecule has 0 spiro atoms. The van der Waals surface area contributed by atoms with E-state index in [4.69, 9.17) is 20.7 Å². The second kappa shape index (κ2) is 13.3. The Labute approximate surface area is 276 Å². The summed E-state index contributed by atoms with van der Waals surface area (Å²) in [6, 6.07) is 50.1. The van der Waals surface area contributed by atoms with Gasteiger partial charge in [-0.3, -0.25) is 10.1 Å². The van der Waals surface area contributed by atoms with Gasteiger partial charge in [0.25, 0.3) is 5.69 Å².